The van der Waals surface area contributed by atoms with Gasteiger partial charge in [-0.05, 0) is 61.4 Å². The van der Waals surface area contributed by atoms with Gasteiger partial charge in [0.15, 0.2) is 0 Å². The SMILES string of the molecule is Cc1ccc(C)c(OCCOc2ccc(Cl)cc2CNc2ccccn2)c1. The Morgan fingerprint density at radius 3 is 2.52 bits per heavy atom. The zero-order chi connectivity index (χ0) is 19.1. The fourth-order valence-corrected chi connectivity index (χ4v) is 2.84. The van der Waals surface area contributed by atoms with Gasteiger partial charge in [-0.1, -0.05) is 29.8 Å². The number of hydrogen-bond donors (Lipinski definition) is 1. The van der Waals surface area contributed by atoms with E-state index in [0.29, 0.717) is 24.8 Å². The van der Waals surface area contributed by atoms with Crippen LogP contribution >= 0.6 is 11.6 Å². The van der Waals surface area contributed by atoms with Crippen LogP contribution in [-0.4, -0.2) is 18.2 Å². The summed E-state index contributed by atoms with van der Waals surface area (Å²) in [5.74, 6) is 2.49. The Morgan fingerprint density at radius 2 is 1.74 bits per heavy atom. The van der Waals surface area contributed by atoms with Crippen molar-refractivity contribution < 1.29 is 9.47 Å². The zero-order valence-electron chi connectivity index (χ0n) is 15.5. The molecule has 1 N–H and O–H groups in total. The first-order valence-corrected chi connectivity index (χ1v) is 9.26. The van der Waals surface area contributed by atoms with Crippen LogP contribution in [0.4, 0.5) is 5.82 Å². The van der Waals surface area contributed by atoms with Crippen molar-refractivity contribution in [1.29, 1.82) is 0 Å². The molecule has 0 spiro atoms. The minimum Gasteiger partial charge on any atom is -0.490 e. The molecule has 1 heterocycles. The Kier molecular flexibility index (Phi) is 6.55. The zero-order valence-corrected chi connectivity index (χ0v) is 16.3. The van der Waals surface area contributed by atoms with Gasteiger partial charge in [0.1, 0.15) is 30.5 Å². The number of nitrogens with one attached hydrogen (secondary N) is 1. The number of nitrogens with zero attached hydrogens (tertiary/aromatic N) is 1. The molecule has 3 rings (SSSR count). The van der Waals surface area contributed by atoms with Crippen LogP contribution in [-0.2, 0) is 6.54 Å². The lowest BCUT2D eigenvalue weighted by Crippen LogP contribution is -2.11. The lowest BCUT2D eigenvalue weighted by molar-refractivity contribution is 0.215. The quantitative estimate of drug-likeness (QED) is 0.528. The lowest BCUT2D eigenvalue weighted by Gasteiger charge is -2.14. The molecular formula is C22H23ClN2O2. The molecule has 0 radical (unpaired) electrons. The molecule has 3 aromatic rings. The summed E-state index contributed by atoms with van der Waals surface area (Å²) < 4.78 is 11.8. The second-order valence-corrected chi connectivity index (χ2v) is 6.72. The van der Waals surface area contributed by atoms with Crippen molar-refractivity contribution in [2.24, 2.45) is 0 Å². The number of hydrogen-bond acceptors (Lipinski definition) is 4. The summed E-state index contributed by atoms with van der Waals surface area (Å²) in [5, 5.41) is 3.95. The number of rotatable bonds is 8. The minimum absolute atomic E-state index is 0.450. The van der Waals surface area contributed by atoms with E-state index in [4.69, 9.17) is 21.1 Å². The van der Waals surface area contributed by atoms with Crippen LogP contribution in [0.25, 0.3) is 0 Å². The number of ether oxygens (including phenoxy) is 2. The molecule has 0 bridgehead atoms. The summed E-state index contributed by atoms with van der Waals surface area (Å²) >= 11 is 6.15. The van der Waals surface area contributed by atoms with Crippen LogP contribution in [0, 0.1) is 13.8 Å². The third kappa shape index (κ3) is 5.63. The van der Waals surface area contributed by atoms with E-state index >= 15 is 0 Å². The van der Waals surface area contributed by atoms with Gasteiger partial charge in [-0.2, -0.15) is 0 Å². The Morgan fingerprint density at radius 1 is 0.926 bits per heavy atom. The minimum atomic E-state index is 0.450. The largest absolute Gasteiger partial charge is 0.490 e. The first-order valence-electron chi connectivity index (χ1n) is 8.88. The van der Waals surface area contributed by atoms with Crippen molar-refractivity contribution in [3.8, 4) is 11.5 Å². The van der Waals surface area contributed by atoms with Crippen LogP contribution in [0.3, 0.4) is 0 Å². The molecule has 0 atom stereocenters. The van der Waals surface area contributed by atoms with Crippen LogP contribution in [0.1, 0.15) is 16.7 Å². The summed E-state index contributed by atoms with van der Waals surface area (Å²) in [6.45, 7) is 5.59. The lowest BCUT2D eigenvalue weighted by atomic mass is 10.1. The first-order chi connectivity index (χ1) is 13.1. The third-order valence-corrected chi connectivity index (χ3v) is 4.32. The van der Waals surface area contributed by atoms with Crippen molar-refractivity contribution in [3.05, 3.63) is 82.5 Å². The average Bonchev–Trinajstić information content (AvgIpc) is 2.68. The first kappa shape index (κ1) is 19.1. The highest BCUT2D eigenvalue weighted by atomic mass is 35.5. The predicted molar refractivity (Wildman–Crippen MR) is 110 cm³/mol. The van der Waals surface area contributed by atoms with Gasteiger partial charge in [-0.15, -0.1) is 0 Å². The van der Waals surface area contributed by atoms with Crippen molar-refractivity contribution in [2.45, 2.75) is 20.4 Å². The summed E-state index contributed by atoms with van der Waals surface area (Å²) in [7, 11) is 0. The van der Waals surface area contributed by atoms with Gasteiger partial charge in [-0.25, -0.2) is 4.98 Å². The standard InChI is InChI=1S/C22H23ClN2O2/c1-16-6-7-17(2)21(13-16)27-12-11-26-20-9-8-19(23)14-18(20)15-25-22-5-3-4-10-24-22/h3-10,13-14H,11-12,15H2,1-2H3,(H,24,25). The highest BCUT2D eigenvalue weighted by molar-refractivity contribution is 6.30. The maximum absolute atomic E-state index is 6.15. The molecule has 4 nitrogen and oxygen atoms in total. The Hall–Kier alpha value is -2.72. The predicted octanol–water partition coefficient (Wildman–Crippen LogP) is 5.42. The van der Waals surface area contributed by atoms with E-state index < -0.39 is 0 Å². The molecule has 0 aliphatic heterocycles. The molecule has 0 unspecified atom stereocenters. The van der Waals surface area contributed by atoms with E-state index in [1.807, 2.05) is 49.4 Å². The van der Waals surface area contributed by atoms with Crippen molar-refractivity contribution in [1.82, 2.24) is 4.98 Å². The van der Waals surface area contributed by atoms with E-state index in [9.17, 15) is 0 Å². The highest BCUT2D eigenvalue weighted by Gasteiger charge is 2.06. The van der Waals surface area contributed by atoms with E-state index in [1.54, 1.807) is 6.20 Å². The van der Waals surface area contributed by atoms with Gasteiger partial charge in [0.25, 0.3) is 0 Å². The average molecular weight is 383 g/mol. The molecule has 0 aliphatic rings. The molecule has 0 saturated heterocycles. The van der Waals surface area contributed by atoms with E-state index in [2.05, 4.69) is 29.4 Å². The van der Waals surface area contributed by atoms with Crippen molar-refractivity contribution in [3.63, 3.8) is 0 Å². The smallest absolute Gasteiger partial charge is 0.126 e. The summed E-state index contributed by atoms with van der Waals surface area (Å²) in [5.41, 5.74) is 3.27. The Labute approximate surface area is 165 Å². The fraction of sp³-hybridized carbons (Fsp3) is 0.227. The molecule has 0 amide bonds. The normalized spacial score (nSPS) is 10.5. The number of anilines is 1. The number of benzene rings is 2. The highest BCUT2D eigenvalue weighted by Crippen LogP contribution is 2.24. The summed E-state index contributed by atoms with van der Waals surface area (Å²) in [6.07, 6.45) is 1.75. The summed E-state index contributed by atoms with van der Waals surface area (Å²) in [4.78, 5) is 4.27. The van der Waals surface area contributed by atoms with Crippen LogP contribution in [0.5, 0.6) is 11.5 Å². The topological polar surface area (TPSA) is 43.4 Å². The van der Waals surface area contributed by atoms with Gasteiger partial charge in [-0.3, -0.25) is 0 Å². The monoisotopic (exact) mass is 382 g/mol. The molecule has 140 valence electrons. The maximum Gasteiger partial charge on any atom is 0.126 e. The third-order valence-electron chi connectivity index (χ3n) is 4.09. The van der Waals surface area contributed by atoms with E-state index in [-0.39, 0.29) is 0 Å². The van der Waals surface area contributed by atoms with E-state index in [0.717, 1.165) is 28.4 Å². The van der Waals surface area contributed by atoms with Gasteiger partial charge in [0.05, 0.1) is 0 Å². The molecule has 0 saturated carbocycles. The van der Waals surface area contributed by atoms with E-state index in [1.165, 1.54) is 5.56 Å². The number of halogens is 1. The molecule has 0 aliphatic carbocycles. The van der Waals surface area contributed by atoms with Crippen molar-refractivity contribution in [2.75, 3.05) is 18.5 Å². The molecule has 2 aromatic carbocycles. The molecule has 27 heavy (non-hydrogen) atoms. The van der Waals surface area contributed by atoms with Gasteiger partial charge in [0, 0.05) is 23.3 Å². The van der Waals surface area contributed by atoms with Crippen LogP contribution < -0.4 is 14.8 Å². The number of aromatic nitrogens is 1. The Balaban J connectivity index is 1.57. The maximum atomic E-state index is 6.15. The van der Waals surface area contributed by atoms with Gasteiger partial charge in [0.2, 0.25) is 0 Å². The number of aryl methyl sites for hydroxylation is 2. The molecule has 5 heteroatoms. The Bertz CT molecular complexity index is 885. The molecule has 1 aromatic heterocycles. The molecule has 0 fully saturated rings. The fourth-order valence-electron chi connectivity index (χ4n) is 2.65. The van der Waals surface area contributed by atoms with Crippen LogP contribution in [0.2, 0.25) is 5.02 Å². The van der Waals surface area contributed by atoms with Crippen LogP contribution in [0.15, 0.2) is 60.8 Å². The van der Waals surface area contributed by atoms with Crippen molar-refractivity contribution >= 4 is 17.4 Å². The summed E-state index contributed by atoms with van der Waals surface area (Å²) in [6, 6.07) is 17.5. The number of pyridine rings is 1. The second-order valence-electron chi connectivity index (χ2n) is 6.29. The second kappa shape index (κ2) is 9.28. The molecular weight excluding hydrogens is 360 g/mol. The van der Waals surface area contributed by atoms with Gasteiger partial charge >= 0.3 is 0 Å². The van der Waals surface area contributed by atoms with Gasteiger partial charge < -0.3 is 14.8 Å².